The van der Waals surface area contributed by atoms with E-state index in [1.165, 1.54) is 32.5 Å². The molecule has 2 heterocycles. The summed E-state index contributed by atoms with van der Waals surface area (Å²) in [7, 11) is 2.91. The lowest BCUT2D eigenvalue weighted by molar-refractivity contribution is -0.192. The number of aliphatic carboxylic acids is 1. The standard InChI is InChI=1S/C22H20F3N5O3.C2HF3O2/c1-26-21(32)15-4-3-9-27-20(15)29-17-11-18(28-12-16(17)22(23,24)25)30-19(31)10-13-5-7-14(33-2)8-6-13;3-2(4,5)1(6)7/h3-9,11-12H,10H2,1-2H3,(H,26,32)(H2,27,28,29,30,31);(H,6,7). The van der Waals surface area contributed by atoms with Gasteiger partial charge in [-0.25, -0.2) is 14.8 Å². The van der Waals surface area contributed by atoms with Crippen molar-refractivity contribution in [3.8, 4) is 5.75 Å². The molecule has 214 valence electrons. The maximum atomic E-state index is 13.5. The predicted molar refractivity (Wildman–Crippen MR) is 129 cm³/mol. The van der Waals surface area contributed by atoms with Gasteiger partial charge in [0, 0.05) is 25.5 Å². The Morgan fingerprint density at radius 1 is 1.00 bits per heavy atom. The monoisotopic (exact) mass is 573 g/mol. The van der Waals surface area contributed by atoms with Crippen LogP contribution in [0.5, 0.6) is 5.75 Å². The lowest BCUT2D eigenvalue weighted by Gasteiger charge is -2.16. The van der Waals surface area contributed by atoms with Crippen molar-refractivity contribution in [3.63, 3.8) is 0 Å². The summed E-state index contributed by atoms with van der Waals surface area (Å²) in [5, 5.41) is 14.6. The second-order valence-corrected chi connectivity index (χ2v) is 7.59. The van der Waals surface area contributed by atoms with Crippen molar-refractivity contribution in [2.75, 3.05) is 24.8 Å². The van der Waals surface area contributed by atoms with Gasteiger partial charge in [-0.2, -0.15) is 26.3 Å². The SMILES string of the molecule is CNC(=O)c1cccnc1Nc1cc(NC(=O)Cc2ccc(OC)cc2)ncc1C(F)(F)F.O=C(O)C(F)(F)F. The van der Waals surface area contributed by atoms with Crippen LogP contribution in [0.4, 0.5) is 43.7 Å². The topological polar surface area (TPSA) is 143 Å². The average molecular weight is 573 g/mol. The third-order valence-electron chi connectivity index (χ3n) is 4.78. The Hall–Kier alpha value is -4.89. The summed E-state index contributed by atoms with van der Waals surface area (Å²) < 4.78 is 77.4. The molecule has 3 rings (SSSR count). The van der Waals surface area contributed by atoms with Gasteiger partial charge in [0.1, 0.15) is 17.4 Å². The molecule has 0 saturated carbocycles. The van der Waals surface area contributed by atoms with E-state index >= 15 is 0 Å². The van der Waals surface area contributed by atoms with Gasteiger partial charge in [-0.15, -0.1) is 0 Å². The molecule has 0 aliphatic carbocycles. The van der Waals surface area contributed by atoms with E-state index in [0.29, 0.717) is 17.5 Å². The number of ether oxygens (including phenoxy) is 1. The molecule has 4 N–H and O–H groups in total. The Morgan fingerprint density at radius 2 is 1.62 bits per heavy atom. The number of carboxylic acids is 1. The molecule has 40 heavy (non-hydrogen) atoms. The van der Waals surface area contributed by atoms with E-state index in [4.69, 9.17) is 14.6 Å². The van der Waals surface area contributed by atoms with Crippen molar-refractivity contribution in [2.24, 2.45) is 0 Å². The number of aromatic nitrogens is 2. The summed E-state index contributed by atoms with van der Waals surface area (Å²) >= 11 is 0. The minimum atomic E-state index is -5.08. The molecule has 0 aliphatic rings. The van der Waals surface area contributed by atoms with Crippen molar-refractivity contribution in [1.82, 2.24) is 15.3 Å². The van der Waals surface area contributed by atoms with E-state index in [9.17, 15) is 35.9 Å². The van der Waals surface area contributed by atoms with Crippen LogP contribution in [-0.4, -0.2) is 53.2 Å². The first-order valence-corrected chi connectivity index (χ1v) is 10.9. The zero-order chi connectivity index (χ0) is 30.1. The zero-order valence-electron chi connectivity index (χ0n) is 20.6. The van der Waals surface area contributed by atoms with Crippen LogP contribution in [0.15, 0.2) is 54.9 Å². The molecule has 2 amide bonds. The van der Waals surface area contributed by atoms with Gasteiger partial charge in [0.15, 0.2) is 0 Å². The van der Waals surface area contributed by atoms with Crippen molar-refractivity contribution in [1.29, 1.82) is 0 Å². The molecule has 1 aromatic carbocycles. The summed E-state index contributed by atoms with van der Waals surface area (Å²) in [5.74, 6) is -3.30. The first kappa shape index (κ1) is 31.3. The van der Waals surface area contributed by atoms with Crippen LogP contribution in [0.1, 0.15) is 21.5 Å². The number of carbonyl (C=O) groups excluding carboxylic acids is 2. The number of halogens is 6. The van der Waals surface area contributed by atoms with Crippen LogP contribution in [0.25, 0.3) is 0 Å². The second kappa shape index (κ2) is 13.3. The molecule has 2 aromatic heterocycles. The number of alkyl halides is 6. The number of nitrogens with one attached hydrogen (secondary N) is 3. The molecule has 0 bridgehead atoms. The van der Waals surface area contributed by atoms with Crippen LogP contribution in [0, 0.1) is 0 Å². The van der Waals surface area contributed by atoms with Crippen LogP contribution in [0.2, 0.25) is 0 Å². The van der Waals surface area contributed by atoms with Gasteiger partial charge < -0.3 is 25.8 Å². The number of carboxylic acid groups (broad SMARTS) is 1. The second-order valence-electron chi connectivity index (χ2n) is 7.59. The molecule has 0 spiro atoms. The van der Waals surface area contributed by atoms with Gasteiger partial charge in [0.05, 0.1) is 30.3 Å². The third-order valence-corrected chi connectivity index (χ3v) is 4.78. The quantitative estimate of drug-likeness (QED) is 0.305. The molecule has 0 aliphatic heterocycles. The lowest BCUT2D eigenvalue weighted by Crippen LogP contribution is -2.21. The Kier molecular flexibility index (Phi) is 10.4. The van der Waals surface area contributed by atoms with E-state index < -0.39 is 41.4 Å². The fourth-order valence-electron chi connectivity index (χ4n) is 2.92. The van der Waals surface area contributed by atoms with Gasteiger partial charge in [-0.3, -0.25) is 9.59 Å². The number of hydrogen-bond donors (Lipinski definition) is 4. The molecular formula is C24H21F6N5O5. The van der Waals surface area contributed by atoms with Gasteiger partial charge in [0.25, 0.3) is 5.91 Å². The van der Waals surface area contributed by atoms with E-state index in [0.717, 1.165) is 6.07 Å². The maximum Gasteiger partial charge on any atom is 0.490 e. The Labute approximate surface area is 222 Å². The normalized spacial score (nSPS) is 11.0. The van der Waals surface area contributed by atoms with Crippen molar-refractivity contribution < 1.29 is 50.6 Å². The fourth-order valence-corrected chi connectivity index (χ4v) is 2.92. The summed E-state index contributed by atoms with van der Waals surface area (Å²) in [6, 6.07) is 10.7. The minimum absolute atomic E-state index is 0.0173. The highest BCUT2D eigenvalue weighted by molar-refractivity contribution is 5.99. The van der Waals surface area contributed by atoms with Gasteiger partial charge >= 0.3 is 18.3 Å². The summed E-state index contributed by atoms with van der Waals surface area (Å²) in [6.45, 7) is 0. The first-order chi connectivity index (χ1) is 18.6. The Morgan fingerprint density at radius 3 is 2.15 bits per heavy atom. The maximum absolute atomic E-state index is 13.5. The highest BCUT2D eigenvalue weighted by atomic mass is 19.4. The Balaban J connectivity index is 0.000000708. The van der Waals surface area contributed by atoms with Crippen molar-refractivity contribution in [2.45, 2.75) is 18.8 Å². The number of amides is 2. The van der Waals surface area contributed by atoms with Crippen molar-refractivity contribution >= 4 is 35.1 Å². The van der Waals surface area contributed by atoms with E-state index in [-0.39, 0.29) is 23.6 Å². The van der Waals surface area contributed by atoms with Gasteiger partial charge in [-0.05, 0) is 29.8 Å². The predicted octanol–water partition coefficient (Wildman–Crippen LogP) is 4.42. The number of nitrogens with zero attached hydrogens (tertiary/aromatic N) is 2. The highest BCUT2D eigenvalue weighted by Gasteiger charge is 2.38. The summed E-state index contributed by atoms with van der Waals surface area (Å²) in [5.41, 5.74) is -0.762. The molecule has 0 unspecified atom stereocenters. The molecule has 10 nitrogen and oxygen atoms in total. The molecule has 3 aromatic rings. The number of carbonyl (C=O) groups is 3. The Bertz CT molecular complexity index is 1350. The largest absolute Gasteiger partial charge is 0.497 e. The molecule has 0 atom stereocenters. The smallest absolute Gasteiger partial charge is 0.490 e. The molecule has 0 fully saturated rings. The molecule has 16 heteroatoms. The highest BCUT2D eigenvalue weighted by Crippen LogP contribution is 2.37. The number of pyridine rings is 2. The first-order valence-electron chi connectivity index (χ1n) is 10.9. The van der Waals surface area contributed by atoms with Crippen LogP contribution >= 0.6 is 0 Å². The zero-order valence-corrected chi connectivity index (χ0v) is 20.6. The van der Waals surface area contributed by atoms with Crippen LogP contribution < -0.4 is 20.7 Å². The molecular weight excluding hydrogens is 552 g/mol. The number of rotatable bonds is 7. The third kappa shape index (κ3) is 9.14. The van der Waals surface area contributed by atoms with E-state index in [1.54, 1.807) is 24.3 Å². The fraction of sp³-hybridized carbons (Fsp3) is 0.208. The molecule has 0 saturated heterocycles. The lowest BCUT2D eigenvalue weighted by atomic mass is 10.1. The average Bonchev–Trinajstić information content (AvgIpc) is 2.88. The number of hydrogen-bond acceptors (Lipinski definition) is 7. The number of anilines is 3. The van der Waals surface area contributed by atoms with Gasteiger partial charge in [0.2, 0.25) is 5.91 Å². The van der Waals surface area contributed by atoms with Crippen molar-refractivity contribution in [3.05, 3.63) is 71.5 Å². The number of benzene rings is 1. The van der Waals surface area contributed by atoms with Crippen LogP contribution in [-0.2, 0) is 22.2 Å². The summed E-state index contributed by atoms with van der Waals surface area (Å²) in [4.78, 5) is 41.0. The van der Waals surface area contributed by atoms with Gasteiger partial charge in [-0.1, -0.05) is 12.1 Å². The number of methoxy groups -OCH3 is 1. The molecule has 0 radical (unpaired) electrons. The van der Waals surface area contributed by atoms with E-state index in [2.05, 4.69) is 25.9 Å². The minimum Gasteiger partial charge on any atom is -0.497 e. The van der Waals surface area contributed by atoms with Crippen LogP contribution in [0.3, 0.4) is 0 Å². The van der Waals surface area contributed by atoms with E-state index in [1.807, 2.05) is 0 Å². The summed E-state index contributed by atoms with van der Waals surface area (Å²) in [6.07, 6.45) is -7.89.